The van der Waals surface area contributed by atoms with E-state index in [-0.39, 0.29) is 18.1 Å². The normalized spacial score (nSPS) is 9.88. The highest BCUT2D eigenvalue weighted by Crippen LogP contribution is 2.15. The number of carbonyl (C=O) groups excluding carboxylic acids is 1. The molecule has 0 aliphatic carbocycles. The number of hydrogen-bond donors (Lipinski definition) is 1. The van der Waals surface area contributed by atoms with Crippen molar-refractivity contribution in [2.75, 3.05) is 13.7 Å². The van der Waals surface area contributed by atoms with Crippen molar-refractivity contribution in [1.82, 2.24) is 15.3 Å². The highest BCUT2D eigenvalue weighted by molar-refractivity contribution is 5.93. The van der Waals surface area contributed by atoms with Gasteiger partial charge in [0.1, 0.15) is 11.4 Å². The lowest BCUT2D eigenvalue weighted by Gasteiger charge is -2.02. The van der Waals surface area contributed by atoms with Crippen LogP contribution in [0.3, 0.4) is 0 Å². The number of methoxy groups -OCH3 is 1. The summed E-state index contributed by atoms with van der Waals surface area (Å²) in [4.78, 5) is 20.6. The second kappa shape index (κ2) is 7.25. The summed E-state index contributed by atoms with van der Waals surface area (Å²) in [6.07, 6.45) is 1.46. The van der Waals surface area contributed by atoms with Crippen molar-refractivity contribution in [3.8, 4) is 17.6 Å². The highest BCUT2D eigenvalue weighted by atomic mass is 16.5. The third kappa shape index (κ3) is 3.50. The highest BCUT2D eigenvalue weighted by Gasteiger charge is 2.07. The number of ether oxygens (including phenoxy) is 1. The zero-order valence-corrected chi connectivity index (χ0v) is 13.1. The molecule has 0 spiro atoms. The van der Waals surface area contributed by atoms with Crippen molar-refractivity contribution in [2.45, 2.75) is 0 Å². The summed E-state index contributed by atoms with van der Waals surface area (Å²) in [5, 5.41) is 2.72. The van der Waals surface area contributed by atoms with Crippen LogP contribution in [0.4, 0.5) is 0 Å². The Labute approximate surface area is 139 Å². The molecule has 24 heavy (non-hydrogen) atoms. The predicted octanol–water partition coefficient (Wildman–Crippen LogP) is 2.42. The molecule has 2 aromatic carbocycles. The summed E-state index contributed by atoms with van der Waals surface area (Å²) in [6.45, 7) is 0.214. The van der Waals surface area contributed by atoms with Gasteiger partial charge in [-0.15, -0.1) is 0 Å². The van der Waals surface area contributed by atoms with E-state index in [0.717, 1.165) is 11.1 Å². The molecule has 0 bridgehead atoms. The zero-order chi connectivity index (χ0) is 16.8. The minimum Gasteiger partial charge on any atom is -0.495 e. The molecule has 0 saturated carbocycles. The first-order chi connectivity index (χ1) is 11.8. The number of hydrogen-bond acceptors (Lipinski definition) is 4. The molecule has 5 heteroatoms. The maximum Gasteiger partial charge on any atom is 0.272 e. The molecular weight excluding hydrogens is 302 g/mol. The Balaban J connectivity index is 1.66. The number of carbonyl (C=O) groups is 1. The SMILES string of the molecule is COc1ccccc1C#CCNC(=O)c1cnc2ccccc2n1. The standard InChI is InChI=1S/C19H15N3O2/c1-24-18-11-5-2-7-14(18)8-6-12-20-19(23)17-13-21-15-9-3-4-10-16(15)22-17/h2-5,7,9-11,13H,12H2,1H3,(H,20,23). The molecule has 0 aliphatic heterocycles. The third-order valence-corrected chi connectivity index (χ3v) is 3.35. The van der Waals surface area contributed by atoms with Gasteiger partial charge in [0.25, 0.3) is 5.91 Å². The molecule has 0 unspecified atom stereocenters. The lowest BCUT2D eigenvalue weighted by molar-refractivity contribution is 0.0953. The fourth-order valence-corrected chi connectivity index (χ4v) is 2.17. The molecule has 1 heterocycles. The van der Waals surface area contributed by atoms with E-state index in [1.54, 1.807) is 7.11 Å². The van der Waals surface area contributed by atoms with Crippen LogP contribution in [0.1, 0.15) is 16.1 Å². The maximum atomic E-state index is 12.1. The molecular formula is C19H15N3O2. The van der Waals surface area contributed by atoms with Crippen LogP contribution in [0.5, 0.6) is 5.75 Å². The Kier molecular flexibility index (Phi) is 4.68. The molecule has 3 rings (SSSR count). The smallest absolute Gasteiger partial charge is 0.272 e. The topological polar surface area (TPSA) is 64.1 Å². The molecule has 0 aliphatic rings. The fraction of sp³-hybridized carbons (Fsp3) is 0.105. The minimum atomic E-state index is -0.303. The molecule has 1 N–H and O–H groups in total. The van der Waals surface area contributed by atoms with Crippen LogP contribution in [-0.4, -0.2) is 29.5 Å². The van der Waals surface area contributed by atoms with E-state index in [0.29, 0.717) is 11.3 Å². The summed E-state index contributed by atoms with van der Waals surface area (Å²) in [5.41, 5.74) is 2.49. The zero-order valence-electron chi connectivity index (χ0n) is 13.1. The van der Waals surface area contributed by atoms with Crippen LogP contribution in [0.15, 0.2) is 54.7 Å². The van der Waals surface area contributed by atoms with Crippen LogP contribution in [0.2, 0.25) is 0 Å². The summed E-state index contributed by atoms with van der Waals surface area (Å²) >= 11 is 0. The third-order valence-electron chi connectivity index (χ3n) is 3.35. The van der Waals surface area contributed by atoms with Gasteiger partial charge < -0.3 is 10.1 Å². The predicted molar refractivity (Wildman–Crippen MR) is 91.7 cm³/mol. The maximum absolute atomic E-state index is 12.1. The van der Waals surface area contributed by atoms with E-state index in [9.17, 15) is 4.79 Å². The first-order valence-electron chi connectivity index (χ1n) is 7.40. The average Bonchev–Trinajstić information content (AvgIpc) is 2.65. The molecule has 118 valence electrons. The average molecular weight is 317 g/mol. The number of nitrogens with one attached hydrogen (secondary N) is 1. The summed E-state index contributed by atoms with van der Waals surface area (Å²) in [6, 6.07) is 14.9. The van der Waals surface area contributed by atoms with Crippen molar-refractivity contribution in [3.05, 3.63) is 66.0 Å². The molecule has 3 aromatic rings. The van der Waals surface area contributed by atoms with Gasteiger partial charge in [0, 0.05) is 0 Å². The number of benzene rings is 2. The second-order valence-corrected chi connectivity index (χ2v) is 4.93. The first kappa shape index (κ1) is 15.5. The van der Waals surface area contributed by atoms with Crippen molar-refractivity contribution in [2.24, 2.45) is 0 Å². The Bertz CT molecular complexity index is 942. The monoisotopic (exact) mass is 317 g/mol. The molecule has 0 atom stereocenters. The van der Waals surface area contributed by atoms with Crippen molar-refractivity contribution >= 4 is 16.9 Å². The quantitative estimate of drug-likeness (QED) is 0.754. The van der Waals surface area contributed by atoms with Gasteiger partial charge in [0.15, 0.2) is 0 Å². The first-order valence-corrected chi connectivity index (χ1v) is 7.40. The van der Waals surface area contributed by atoms with Crippen LogP contribution >= 0.6 is 0 Å². The van der Waals surface area contributed by atoms with Gasteiger partial charge in [0.05, 0.1) is 36.4 Å². The Morgan fingerprint density at radius 2 is 1.88 bits per heavy atom. The summed E-state index contributed by atoms with van der Waals surface area (Å²) in [5.74, 6) is 6.28. The molecule has 0 saturated heterocycles. The second-order valence-electron chi connectivity index (χ2n) is 4.93. The molecule has 5 nitrogen and oxygen atoms in total. The van der Waals surface area contributed by atoms with Crippen LogP contribution in [0.25, 0.3) is 11.0 Å². The van der Waals surface area contributed by atoms with Gasteiger partial charge in [-0.05, 0) is 24.3 Å². The van der Waals surface area contributed by atoms with E-state index >= 15 is 0 Å². The van der Waals surface area contributed by atoms with E-state index in [2.05, 4.69) is 27.1 Å². The molecule has 0 radical (unpaired) electrons. The Morgan fingerprint density at radius 1 is 1.12 bits per heavy atom. The van der Waals surface area contributed by atoms with Crippen LogP contribution < -0.4 is 10.1 Å². The number of aromatic nitrogens is 2. The number of para-hydroxylation sites is 3. The summed E-state index contributed by atoms with van der Waals surface area (Å²) in [7, 11) is 1.60. The van der Waals surface area contributed by atoms with Gasteiger partial charge in [-0.3, -0.25) is 9.78 Å². The van der Waals surface area contributed by atoms with Gasteiger partial charge >= 0.3 is 0 Å². The van der Waals surface area contributed by atoms with Gasteiger partial charge in [0.2, 0.25) is 0 Å². The van der Waals surface area contributed by atoms with Crippen LogP contribution in [0, 0.1) is 11.8 Å². The largest absolute Gasteiger partial charge is 0.495 e. The van der Waals surface area contributed by atoms with Gasteiger partial charge in [-0.25, -0.2) is 4.98 Å². The molecule has 0 fully saturated rings. The van der Waals surface area contributed by atoms with E-state index in [4.69, 9.17) is 4.74 Å². The summed E-state index contributed by atoms with van der Waals surface area (Å²) < 4.78 is 5.23. The van der Waals surface area contributed by atoms with Crippen molar-refractivity contribution < 1.29 is 9.53 Å². The lowest BCUT2D eigenvalue weighted by atomic mass is 10.2. The minimum absolute atomic E-state index is 0.214. The van der Waals surface area contributed by atoms with Crippen molar-refractivity contribution in [3.63, 3.8) is 0 Å². The van der Waals surface area contributed by atoms with Gasteiger partial charge in [-0.1, -0.05) is 36.1 Å². The number of fused-ring (bicyclic) bond motifs is 1. The van der Waals surface area contributed by atoms with Gasteiger partial charge in [-0.2, -0.15) is 0 Å². The molecule has 1 amide bonds. The number of rotatable bonds is 3. The molecule has 1 aromatic heterocycles. The van der Waals surface area contributed by atoms with E-state index < -0.39 is 0 Å². The van der Waals surface area contributed by atoms with E-state index in [1.807, 2.05) is 48.5 Å². The Morgan fingerprint density at radius 3 is 2.71 bits per heavy atom. The van der Waals surface area contributed by atoms with Crippen LogP contribution in [-0.2, 0) is 0 Å². The van der Waals surface area contributed by atoms with E-state index in [1.165, 1.54) is 6.20 Å². The number of amides is 1. The number of nitrogens with zero attached hydrogens (tertiary/aromatic N) is 2. The lowest BCUT2D eigenvalue weighted by Crippen LogP contribution is -2.24. The fourth-order valence-electron chi connectivity index (χ4n) is 2.17. The Hall–Kier alpha value is -3.39. The van der Waals surface area contributed by atoms with Crippen molar-refractivity contribution in [1.29, 1.82) is 0 Å².